The van der Waals surface area contributed by atoms with E-state index in [1.54, 1.807) is 0 Å². The summed E-state index contributed by atoms with van der Waals surface area (Å²) in [5, 5.41) is 0. The predicted octanol–water partition coefficient (Wildman–Crippen LogP) is 7.71. The molecular formula is C17H9Cl6F6N3O2S. The minimum atomic E-state index is -5.78. The fourth-order valence-corrected chi connectivity index (χ4v) is 3.56. The van der Waals surface area contributed by atoms with E-state index in [1.165, 1.54) is 24.3 Å². The summed E-state index contributed by atoms with van der Waals surface area (Å²) < 4.78 is 74.2. The Bertz CT molecular complexity index is 999. The lowest BCUT2D eigenvalue weighted by Crippen LogP contribution is -2.45. The first-order valence-corrected chi connectivity index (χ1v) is 12.0. The number of alkyl halides is 12. The van der Waals surface area contributed by atoms with E-state index < -0.39 is 38.4 Å². The van der Waals surface area contributed by atoms with Crippen LogP contribution in [0.3, 0.4) is 0 Å². The highest BCUT2D eigenvalue weighted by Crippen LogP contribution is 2.41. The molecule has 0 fully saturated rings. The maximum Gasteiger partial charge on any atom is 0.434 e. The fraction of sp³-hybridized carbons (Fsp3) is 0.412. The van der Waals surface area contributed by atoms with Crippen molar-refractivity contribution in [2.75, 3.05) is 5.75 Å². The normalized spacial score (nSPS) is 13.3. The van der Waals surface area contributed by atoms with Gasteiger partial charge in [-0.2, -0.15) is 26.3 Å². The summed E-state index contributed by atoms with van der Waals surface area (Å²) in [6.07, 6.45) is -16.5. The smallest absolute Gasteiger partial charge is 0.434 e. The molecule has 0 radical (unpaired) electrons. The van der Waals surface area contributed by atoms with Crippen LogP contribution in [-0.4, -0.2) is 45.1 Å². The third-order valence-corrected chi connectivity index (χ3v) is 5.70. The molecule has 2 aromatic rings. The van der Waals surface area contributed by atoms with Crippen LogP contribution in [0.1, 0.15) is 18.1 Å². The van der Waals surface area contributed by atoms with Crippen molar-refractivity contribution in [2.45, 2.75) is 37.4 Å². The standard InChI is InChI=1S/C17H9Cl6F6N3O2S/c18-14(19,20)12-30-10(31-13(32-12)15(21,22)23)7-1-3-8(4-2-7)35-6-5-9(33)34-11(16(24,25)26)17(27,28)29/h1-4,11H,5-6H2. The zero-order valence-electron chi connectivity index (χ0n) is 16.4. The largest absolute Gasteiger partial charge is 0.443 e. The molecule has 35 heavy (non-hydrogen) atoms. The first-order chi connectivity index (χ1) is 15.8. The minimum Gasteiger partial charge on any atom is -0.443 e. The number of rotatable bonds is 6. The highest BCUT2D eigenvalue weighted by atomic mass is 35.6. The maximum absolute atomic E-state index is 12.5. The van der Waals surface area contributed by atoms with Gasteiger partial charge in [0.1, 0.15) is 0 Å². The van der Waals surface area contributed by atoms with E-state index in [1.807, 2.05) is 0 Å². The Hall–Kier alpha value is -0.630. The van der Waals surface area contributed by atoms with Crippen LogP contribution in [-0.2, 0) is 17.1 Å². The minimum absolute atomic E-state index is 0.0203. The average molecular weight is 646 g/mol. The highest BCUT2D eigenvalue weighted by Gasteiger charge is 2.59. The lowest BCUT2D eigenvalue weighted by molar-refractivity contribution is -0.313. The molecule has 0 amide bonds. The quantitative estimate of drug-likeness (QED) is 0.139. The molecule has 0 bridgehead atoms. The van der Waals surface area contributed by atoms with E-state index in [-0.39, 0.29) is 23.2 Å². The molecule has 1 aromatic carbocycles. The number of benzene rings is 1. The third kappa shape index (κ3) is 9.32. The van der Waals surface area contributed by atoms with Crippen molar-refractivity contribution in [3.8, 4) is 11.4 Å². The number of thioether (sulfide) groups is 1. The van der Waals surface area contributed by atoms with Gasteiger partial charge in [-0.15, -0.1) is 11.8 Å². The molecule has 0 atom stereocenters. The lowest BCUT2D eigenvalue weighted by Gasteiger charge is -2.22. The molecule has 0 aliphatic carbocycles. The van der Waals surface area contributed by atoms with Crippen LogP contribution in [0.15, 0.2) is 29.2 Å². The molecule has 0 saturated heterocycles. The average Bonchev–Trinajstić information content (AvgIpc) is 2.69. The molecule has 5 nitrogen and oxygen atoms in total. The van der Waals surface area contributed by atoms with Crippen LogP contribution < -0.4 is 0 Å². The molecule has 1 aromatic heterocycles. The van der Waals surface area contributed by atoms with Gasteiger partial charge < -0.3 is 4.74 Å². The summed E-state index contributed by atoms with van der Waals surface area (Å²) in [4.78, 5) is 23.9. The van der Waals surface area contributed by atoms with E-state index in [2.05, 4.69) is 19.7 Å². The van der Waals surface area contributed by atoms with E-state index in [4.69, 9.17) is 69.6 Å². The number of carbonyl (C=O) groups is 1. The number of halogens is 12. The number of hydrogen-bond acceptors (Lipinski definition) is 6. The van der Waals surface area contributed by atoms with Crippen molar-refractivity contribution in [3.05, 3.63) is 35.9 Å². The summed E-state index contributed by atoms with van der Waals surface area (Å²) >= 11 is 35.8. The first-order valence-electron chi connectivity index (χ1n) is 8.75. The molecule has 0 spiro atoms. The van der Waals surface area contributed by atoms with Gasteiger partial charge in [-0.1, -0.05) is 81.7 Å². The first kappa shape index (κ1) is 30.6. The van der Waals surface area contributed by atoms with Crippen molar-refractivity contribution in [1.29, 1.82) is 0 Å². The van der Waals surface area contributed by atoms with Gasteiger partial charge in [-0.05, 0) is 12.1 Å². The van der Waals surface area contributed by atoms with Gasteiger partial charge in [0.25, 0.3) is 6.10 Å². The summed E-state index contributed by atoms with van der Waals surface area (Å²) in [5.41, 5.74) is 0.361. The molecule has 18 heteroatoms. The van der Waals surface area contributed by atoms with Gasteiger partial charge >= 0.3 is 18.3 Å². The Morgan fingerprint density at radius 2 is 1.29 bits per heavy atom. The maximum atomic E-state index is 12.5. The van der Waals surface area contributed by atoms with Crippen molar-refractivity contribution < 1.29 is 35.9 Å². The highest BCUT2D eigenvalue weighted by molar-refractivity contribution is 7.99. The summed E-state index contributed by atoms with van der Waals surface area (Å²) in [5.74, 6) is -2.48. The van der Waals surface area contributed by atoms with E-state index in [0.29, 0.717) is 10.5 Å². The number of esters is 1. The van der Waals surface area contributed by atoms with Gasteiger partial charge in [-0.3, -0.25) is 4.79 Å². The van der Waals surface area contributed by atoms with E-state index in [0.717, 1.165) is 11.8 Å². The van der Waals surface area contributed by atoms with Gasteiger partial charge in [0, 0.05) is 16.2 Å². The van der Waals surface area contributed by atoms with E-state index in [9.17, 15) is 31.1 Å². The van der Waals surface area contributed by atoms with Gasteiger partial charge in [0.15, 0.2) is 17.5 Å². The van der Waals surface area contributed by atoms with Crippen LogP contribution in [0, 0.1) is 0 Å². The number of carbonyl (C=O) groups excluding carboxylic acids is 1. The monoisotopic (exact) mass is 643 g/mol. The molecule has 0 aliphatic rings. The zero-order chi connectivity index (χ0) is 26.8. The Labute approximate surface area is 227 Å². The Balaban J connectivity index is 2.09. The van der Waals surface area contributed by atoms with Crippen LogP contribution >= 0.6 is 81.4 Å². The number of aromatic nitrogens is 3. The molecule has 1 heterocycles. The van der Waals surface area contributed by atoms with Crippen molar-refractivity contribution in [1.82, 2.24) is 15.0 Å². The van der Waals surface area contributed by atoms with Crippen LogP contribution in [0.5, 0.6) is 0 Å². The second kappa shape index (κ2) is 11.4. The number of ether oxygens (including phenoxy) is 1. The van der Waals surface area contributed by atoms with Crippen LogP contribution in [0.4, 0.5) is 26.3 Å². The second-order valence-corrected chi connectivity index (χ2v) is 12.1. The van der Waals surface area contributed by atoms with Crippen molar-refractivity contribution >= 4 is 87.3 Å². The molecule has 0 saturated carbocycles. The molecule has 2 rings (SSSR count). The zero-order valence-corrected chi connectivity index (χ0v) is 21.8. The van der Waals surface area contributed by atoms with E-state index >= 15 is 0 Å². The molecule has 0 aliphatic heterocycles. The van der Waals surface area contributed by atoms with Crippen LogP contribution in [0.2, 0.25) is 0 Å². The predicted molar refractivity (Wildman–Crippen MR) is 121 cm³/mol. The number of nitrogens with zero attached hydrogens (tertiary/aromatic N) is 3. The van der Waals surface area contributed by atoms with Gasteiger partial charge in [0.2, 0.25) is 7.59 Å². The fourth-order valence-electron chi connectivity index (χ4n) is 2.22. The Morgan fingerprint density at radius 3 is 1.69 bits per heavy atom. The molecule has 0 N–H and O–H groups in total. The lowest BCUT2D eigenvalue weighted by atomic mass is 10.2. The summed E-state index contributed by atoms with van der Waals surface area (Å²) in [7, 11) is 0. The Kier molecular flexibility index (Phi) is 9.97. The third-order valence-electron chi connectivity index (χ3n) is 3.67. The van der Waals surface area contributed by atoms with Crippen molar-refractivity contribution in [3.63, 3.8) is 0 Å². The topological polar surface area (TPSA) is 65.0 Å². The van der Waals surface area contributed by atoms with Crippen molar-refractivity contribution in [2.24, 2.45) is 0 Å². The molecular weight excluding hydrogens is 637 g/mol. The Morgan fingerprint density at radius 1 is 0.829 bits per heavy atom. The van der Waals surface area contributed by atoms with Gasteiger partial charge in [-0.25, -0.2) is 15.0 Å². The number of hydrogen-bond donors (Lipinski definition) is 0. The van der Waals surface area contributed by atoms with Crippen LogP contribution in [0.25, 0.3) is 11.4 Å². The SMILES string of the molecule is O=C(CCSc1ccc(-c2nc(C(Cl)(Cl)Cl)nc(C(Cl)(Cl)Cl)n2)cc1)OC(C(F)(F)F)C(F)(F)F. The molecule has 194 valence electrons. The van der Waals surface area contributed by atoms with Gasteiger partial charge in [0.05, 0.1) is 6.42 Å². The molecule has 0 unspecified atom stereocenters. The summed E-state index contributed by atoms with van der Waals surface area (Å²) in [6, 6.07) is 5.99. The summed E-state index contributed by atoms with van der Waals surface area (Å²) in [6.45, 7) is 0. The second-order valence-electron chi connectivity index (χ2n) is 6.38.